The average molecular weight is 503 g/mol. The molecule has 0 aromatic heterocycles. The third-order valence-electron chi connectivity index (χ3n) is 0. The molecule has 0 fully saturated rings. The first-order valence-electron chi connectivity index (χ1n) is 2.03. The molecule has 0 aliphatic carbocycles. The minimum atomic E-state index is -5.75. The maximum absolute atomic E-state index is 8.70. The van der Waals surface area contributed by atoms with Crippen molar-refractivity contribution >= 4 is 40.1 Å². The normalized spacial score (nSPS) is 9.16. The Balaban J connectivity index is -0.0000000206. The summed E-state index contributed by atoms with van der Waals surface area (Å²) >= 11 is -16.8. The second-order valence-corrected chi connectivity index (χ2v) is 6.57. The van der Waals surface area contributed by atoms with Crippen LogP contribution in [0.1, 0.15) is 0 Å². The molecule has 0 rings (SSSR count). The van der Waals surface area contributed by atoms with Gasteiger partial charge in [0.2, 0.25) is 0 Å². The Bertz CT molecular complexity index is 346. The fourth-order valence-corrected chi connectivity index (χ4v) is 0. The van der Waals surface area contributed by atoms with Crippen molar-refractivity contribution in [3.05, 3.63) is 0 Å². The van der Waals surface area contributed by atoms with Crippen LogP contribution in [0.3, 0.4) is 0 Å². The van der Waals surface area contributed by atoms with E-state index in [9.17, 15) is 0 Å². The van der Waals surface area contributed by atoms with Crippen LogP contribution in [0, 0.1) is 0 Å². The monoisotopic (exact) mass is 506 g/mol. The third kappa shape index (κ3) is 2650000. The van der Waals surface area contributed by atoms with Crippen LogP contribution in [0.5, 0.6) is 0 Å². The van der Waals surface area contributed by atoms with Crippen molar-refractivity contribution in [3.8, 4) is 0 Å². The van der Waals surface area contributed by atoms with Gasteiger partial charge in [-0.3, -0.25) is 0 Å². The van der Waals surface area contributed by atoms with Gasteiger partial charge in [-0.2, -0.15) is 0 Å². The van der Waals surface area contributed by atoms with Crippen LogP contribution in [-0.4, -0.2) is 48.5 Å². The minimum Gasteiger partial charge on any atom is -0.369 e. The third-order valence-corrected chi connectivity index (χ3v) is 0. The van der Waals surface area contributed by atoms with Crippen LogP contribution >= 0.6 is 0 Å². The summed E-state index contributed by atoms with van der Waals surface area (Å²) in [6.45, 7) is 0. The average Bonchev–Trinajstić information content (AvgIpc) is 1.41. The van der Waals surface area contributed by atoms with Crippen LogP contribution < -0.4 is 41.4 Å². The molecule has 0 spiro atoms. The van der Waals surface area contributed by atoms with Gasteiger partial charge in [0.15, 0.2) is 0 Å². The van der Waals surface area contributed by atoms with E-state index < -0.39 is 40.1 Å². The zero-order valence-corrected chi connectivity index (χ0v) is 15.3. The maximum Gasteiger partial charge on any atom is -0.369 e. The number of hydrogen-bond donors (Lipinski definition) is 6. The van der Waals surface area contributed by atoms with Crippen molar-refractivity contribution in [2.45, 2.75) is 0 Å². The van der Waals surface area contributed by atoms with E-state index in [-0.39, 0.29) is 24.6 Å². The van der Waals surface area contributed by atoms with Gasteiger partial charge in [0.05, 0.1) is 0 Å². The summed E-state index contributed by atoms with van der Waals surface area (Å²) in [5, 5.41) is 0. The molecule has 0 aliphatic heterocycles. The quantitative estimate of drug-likeness (QED) is 0.168. The van der Waals surface area contributed by atoms with Crippen molar-refractivity contribution in [3.63, 3.8) is 0 Å². The molecule has 0 heterocycles. The second-order valence-electron chi connectivity index (χ2n) is 1.26. The van der Waals surface area contributed by atoms with Crippen LogP contribution in [0.2, 0.25) is 0 Å². The molecule has 0 atom stereocenters. The Morgan fingerprint density at radius 1 is 0.526 bits per heavy atom. The summed E-state index contributed by atoms with van der Waals surface area (Å²) < 4.78 is 101. The van der Waals surface area contributed by atoms with Gasteiger partial charge in [-0.15, -0.1) is 0 Å². The van der Waals surface area contributed by atoms with E-state index in [0.29, 0.717) is 0 Å². The zero-order chi connectivity index (χ0) is 13.5. The van der Waals surface area contributed by atoms with E-state index >= 15 is 0 Å². The van der Waals surface area contributed by atoms with Crippen molar-refractivity contribution in [2.24, 2.45) is 0 Å². The molecular weight excluding hydrogens is 485 g/mol. The first kappa shape index (κ1) is 42.8. The summed E-state index contributed by atoms with van der Waals surface area (Å²) in [7, 11) is 0. The summed E-state index contributed by atoms with van der Waals surface area (Å²) in [6, 6.07) is 0. The van der Waals surface area contributed by atoms with Crippen molar-refractivity contribution < 1.29 is 48.1 Å². The summed E-state index contributed by atoms with van der Waals surface area (Å²) in [5.41, 5.74) is 0. The molecular formula is H18N4O12Se3. The van der Waals surface area contributed by atoms with Gasteiger partial charge >= 0.3 is 88.2 Å². The minimum absolute atomic E-state index is 0. The SMILES string of the molecule is O=[Se](=O)([O-])O.O=[Se](=O)([O-])O.O=[Se](=O)([O-])[O-].[NH4+].[NH4+].[NH4+].[NH4+]. The second kappa shape index (κ2) is 16.0. The van der Waals surface area contributed by atoms with Gasteiger partial charge < -0.3 is 24.6 Å². The van der Waals surface area contributed by atoms with Crippen LogP contribution in [0.4, 0.5) is 0 Å². The topological polar surface area (TPSA) is 381 Å². The van der Waals surface area contributed by atoms with E-state index in [1.165, 1.54) is 0 Å². The van der Waals surface area contributed by atoms with Gasteiger partial charge in [0, 0.05) is 0 Å². The number of hydrogen-bond acceptors (Lipinski definition) is 10. The Hall–Kier alpha value is -0.0416. The molecule has 19 heteroatoms. The molecule has 0 saturated heterocycles. The van der Waals surface area contributed by atoms with Crippen molar-refractivity contribution in [1.29, 1.82) is 0 Å². The van der Waals surface area contributed by atoms with E-state index in [1.807, 2.05) is 0 Å². The van der Waals surface area contributed by atoms with Crippen LogP contribution in [0.15, 0.2) is 0 Å². The zero-order valence-electron chi connectivity index (χ0n) is 10.2. The molecule has 0 amide bonds. The van der Waals surface area contributed by atoms with E-state index in [0.717, 1.165) is 0 Å². The van der Waals surface area contributed by atoms with Gasteiger partial charge in [-0.25, -0.2) is 0 Å². The smallest absolute Gasteiger partial charge is 0.369 e. The Morgan fingerprint density at radius 2 is 0.526 bits per heavy atom. The molecule has 18 N–H and O–H groups in total. The molecule has 16 nitrogen and oxygen atoms in total. The van der Waals surface area contributed by atoms with Gasteiger partial charge in [-0.05, 0) is 0 Å². The van der Waals surface area contributed by atoms with E-state index in [2.05, 4.69) is 0 Å². The summed E-state index contributed by atoms with van der Waals surface area (Å²) in [6.07, 6.45) is 0. The predicted molar refractivity (Wildman–Crippen MR) is 49.8 cm³/mol. The fraction of sp³-hybridized carbons (Fsp3) is 0. The van der Waals surface area contributed by atoms with Crippen molar-refractivity contribution in [2.75, 3.05) is 0 Å². The van der Waals surface area contributed by atoms with Crippen LogP contribution in [0.25, 0.3) is 0 Å². The Morgan fingerprint density at radius 3 is 0.526 bits per heavy atom. The van der Waals surface area contributed by atoms with Crippen LogP contribution in [-0.2, 0) is 23.0 Å². The molecule has 0 saturated carbocycles. The summed E-state index contributed by atoms with van der Waals surface area (Å²) in [5.74, 6) is 0. The molecule has 0 unspecified atom stereocenters. The standard InChI is InChI=1S/4H3N.3H2O4Se/c;;;;3*1-5(2,3)4/h4*1H3;3*(H2,1,2,3,4). The van der Waals surface area contributed by atoms with E-state index in [1.54, 1.807) is 0 Å². The number of rotatable bonds is 0. The largest absolute Gasteiger partial charge is 0.369 e. The Labute approximate surface area is 113 Å². The first-order valence-corrected chi connectivity index (χ1v) is 10.6. The first-order chi connectivity index (χ1) is 6.00. The van der Waals surface area contributed by atoms with Gasteiger partial charge in [-0.1, -0.05) is 0 Å². The van der Waals surface area contributed by atoms with Crippen molar-refractivity contribution in [1.82, 2.24) is 24.6 Å². The molecule has 19 heavy (non-hydrogen) atoms. The molecule has 128 valence electrons. The maximum atomic E-state index is 8.70. The molecule has 0 aliphatic rings. The molecule has 0 radical (unpaired) electrons. The van der Waals surface area contributed by atoms with Gasteiger partial charge in [0.1, 0.15) is 0 Å². The molecule has 0 bridgehead atoms. The predicted octanol–water partition coefficient (Wildman–Crippen LogP) is -6.22. The molecule has 0 aromatic rings. The van der Waals surface area contributed by atoms with Gasteiger partial charge in [0.25, 0.3) is 0 Å². The fourth-order valence-electron chi connectivity index (χ4n) is 0. The van der Waals surface area contributed by atoms with E-state index in [4.69, 9.17) is 48.1 Å². The molecule has 0 aromatic carbocycles. The summed E-state index contributed by atoms with van der Waals surface area (Å²) in [4.78, 5) is 0. The Kier molecular flexibility index (Phi) is 36.0. The number of quaternary nitrogens is 4.